The number of hydrogen-bond acceptors (Lipinski definition) is 7. The van der Waals surface area contributed by atoms with Crippen LogP contribution >= 0.6 is 0 Å². The van der Waals surface area contributed by atoms with Crippen molar-refractivity contribution in [3.05, 3.63) is 36.4 Å². The molecule has 0 spiro atoms. The number of carboxylic acid groups (broad SMARTS) is 1. The van der Waals surface area contributed by atoms with Gasteiger partial charge in [0.2, 0.25) is 5.91 Å². The van der Waals surface area contributed by atoms with Crippen molar-refractivity contribution in [1.29, 1.82) is 0 Å². The van der Waals surface area contributed by atoms with E-state index in [0.717, 1.165) is 18.2 Å². The summed E-state index contributed by atoms with van der Waals surface area (Å²) >= 11 is 0. The van der Waals surface area contributed by atoms with Gasteiger partial charge in [-0.05, 0) is 37.1 Å². The van der Waals surface area contributed by atoms with E-state index in [1.165, 1.54) is 0 Å². The number of benzene rings is 1. The molecule has 0 aliphatic rings. The maximum atomic E-state index is 11.0. The van der Waals surface area contributed by atoms with Gasteiger partial charge in [0, 0.05) is 12.1 Å². The standard InChI is InChI=1S/C14H17NO7S.2Na/c1-2-13(16)15-7-3-4-8-22-12-6-5-10(23(19,20)21)9-11(12)14(17)18;;/h2,5-6,9H,1,3-4,7-8H2,(H,15,16)(H,17,18)(H,19,20,21);;/q;2*+1/p-2. The Hall–Kier alpha value is -0.390. The van der Waals surface area contributed by atoms with Crippen LogP contribution in [0.25, 0.3) is 0 Å². The van der Waals surface area contributed by atoms with E-state index in [0.29, 0.717) is 25.5 Å². The number of carbonyl (C=O) groups is 2. The van der Waals surface area contributed by atoms with Crippen LogP contribution in [0, 0.1) is 0 Å². The molecule has 0 aromatic heterocycles. The van der Waals surface area contributed by atoms with E-state index in [4.69, 9.17) is 4.74 Å². The van der Waals surface area contributed by atoms with Gasteiger partial charge < -0.3 is 24.5 Å². The molecule has 0 bridgehead atoms. The van der Waals surface area contributed by atoms with Crippen molar-refractivity contribution in [2.75, 3.05) is 13.2 Å². The molecule has 1 aromatic rings. The van der Waals surface area contributed by atoms with Crippen LogP contribution in [-0.2, 0) is 14.9 Å². The van der Waals surface area contributed by atoms with Crippen molar-refractivity contribution in [2.24, 2.45) is 0 Å². The minimum absolute atomic E-state index is 0. The monoisotopic (exact) mass is 387 g/mol. The van der Waals surface area contributed by atoms with Crippen LogP contribution in [0.5, 0.6) is 5.75 Å². The van der Waals surface area contributed by atoms with Crippen molar-refractivity contribution < 1.29 is 91.5 Å². The summed E-state index contributed by atoms with van der Waals surface area (Å²) in [6.07, 6.45) is 2.26. The Bertz CT molecular complexity index is 707. The van der Waals surface area contributed by atoms with Gasteiger partial charge in [0.05, 0.1) is 17.5 Å². The summed E-state index contributed by atoms with van der Waals surface area (Å²) in [6, 6.07) is 2.77. The quantitative estimate of drug-likeness (QED) is 0.193. The first kappa shape index (κ1) is 26.8. The van der Waals surface area contributed by atoms with E-state index in [-0.39, 0.29) is 77.4 Å². The molecule has 25 heavy (non-hydrogen) atoms. The SMILES string of the molecule is C=CC(=O)NCCCCOc1ccc(S(=O)(=O)[O-])cc1C(=O)[O-].[Na+].[Na+]. The second-order valence-electron chi connectivity index (χ2n) is 4.45. The number of nitrogens with one attached hydrogen (secondary N) is 1. The summed E-state index contributed by atoms with van der Waals surface area (Å²) < 4.78 is 37.9. The zero-order chi connectivity index (χ0) is 17.5. The number of ether oxygens (including phenoxy) is 1. The van der Waals surface area contributed by atoms with Crippen molar-refractivity contribution in [1.82, 2.24) is 5.32 Å². The molecule has 1 N–H and O–H groups in total. The molecule has 1 aromatic carbocycles. The molecule has 11 heteroatoms. The summed E-state index contributed by atoms with van der Waals surface area (Å²) in [4.78, 5) is 21.2. The van der Waals surface area contributed by atoms with E-state index >= 15 is 0 Å². The molecule has 1 rings (SSSR count). The van der Waals surface area contributed by atoms with Crippen LogP contribution in [0.1, 0.15) is 23.2 Å². The van der Waals surface area contributed by atoms with Crippen molar-refractivity contribution in [2.45, 2.75) is 17.7 Å². The topological polar surface area (TPSA) is 136 Å². The fourth-order valence-corrected chi connectivity index (χ4v) is 2.14. The van der Waals surface area contributed by atoms with E-state index in [1.807, 2.05) is 0 Å². The number of aromatic carboxylic acids is 1. The minimum atomic E-state index is -4.76. The Balaban J connectivity index is 0. The first-order valence-corrected chi connectivity index (χ1v) is 8.01. The Morgan fingerprint density at radius 2 is 1.88 bits per heavy atom. The van der Waals surface area contributed by atoms with Gasteiger partial charge in [-0.25, -0.2) is 8.42 Å². The number of hydrogen-bond donors (Lipinski definition) is 1. The molecule has 0 aliphatic heterocycles. The third-order valence-electron chi connectivity index (χ3n) is 2.77. The Morgan fingerprint density at radius 1 is 1.24 bits per heavy atom. The van der Waals surface area contributed by atoms with E-state index in [9.17, 15) is 27.7 Å². The van der Waals surface area contributed by atoms with Gasteiger partial charge in [0.1, 0.15) is 15.9 Å². The summed E-state index contributed by atoms with van der Waals surface area (Å²) in [5.74, 6) is -2.03. The van der Waals surface area contributed by atoms with Crippen LogP contribution in [0.15, 0.2) is 35.7 Å². The molecule has 0 heterocycles. The molecule has 0 atom stereocenters. The van der Waals surface area contributed by atoms with Crippen molar-refractivity contribution in [3.63, 3.8) is 0 Å². The predicted molar refractivity (Wildman–Crippen MR) is 76.7 cm³/mol. The molecule has 0 aliphatic carbocycles. The molecule has 126 valence electrons. The zero-order valence-corrected chi connectivity index (χ0v) is 18.9. The van der Waals surface area contributed by atoms with Gasteiger partial charge in [0.25, 0.3) is 0 Å². The average molecular weight is 387 g/mol. The third kappa shape index (κ3) is 9.76. The molecular weight excluding hydrogens is 372 g/mol. The maximum Gasteiger partial charge on any atom is 1.00 e. The molecule has 0 unspecified atom stereocenters. The molecule has 1 amide bonds. The number of unbranched alkanes of at least 4 members (excludes halogenated alkanes) is 1. The Morgan fingerprint density at radius 3 is 2.40 bits per heavy atom. The van der Waals surface area contributed by atoms with Gasteiger partial charge >= 0.3 is 59.1 Å². The normalized spacial score (nSPS) is 9.96. The van der Waals surface area contributed by atoms with Gasteiger partial charge in [-0.2, -0.15) is 0 Å². The number of amides is 1. The largest absolute Gasteiger partial charge is 1.00 e. The molecule has 0 saturated carbocycles. The molecule has 0 radical (unpaired) electrons. The van der Waals surface area contributed by atoms with Crippen LogP contribution in [-0.4, -0.2) is 38.0 Å². The first-order chi connectivity index (χ1) is 10.8. The van der Waals surface area contributed by atoms with E-state index in [2.05, 4.69) is 11.9 Å². The summed E-state index contributed by atoms with van der Waals surface area (Å²) in [7, 11) is -4.76. The molecule has 0 fully saturated rings. The number of rotatable bonds is 9. The zero-order valence-electron chi connectivity index (χ0n) is 14.1. The Labute approximate surface area is 190 Å². The fourth-order valence-electron chi connectivity index (χ4n) is 1.64. The van der Waals surface area contributed by atoms with Crippen LogP contribution in [0.3, 0.4) is 0 Å². The van der Waals surface area contributed by atoms with E-state index in [1.54, 1.807) is 0 Å². The average Bonchev–Trinajstić information content (AvgIpc) is 2.49. The minimum Gasteiger partial charge on any atom is -0.744 e. The van der Waals surface area contributed by atoms with Crippen molar-refractivity contribution in [3.8, 4) is 5.75 Å². The van der Waals surface area contributed by atoms with Gasteiger partial charge in [-0.15, -0.1) is 0 Å². The maximum absolute atomic E-state index is 11.0. The van der Waals surface area contributed by atoms with E-state index < -0.39 is 26.5 Å². The smallest absolute Gasteiger partial charge is 0.744 e. The van der Waals surface area contributed by atoms with Crippen molar-refractivity contribution >= 4 is 22.0 Å². The van der Waals surface area contributed by atoms with Crippen LogP contribution < -0.4 is 74.3 Å². The second-order valence-corrected chi connectivity index (χ2v) is 5.83. The molecule has 0 saturated heterocycles. The first-order valence-electron chi connectivity index (χ1n) is 6.60. The van der Waals surface area contributed by atoms with Crippen LogP contribution in [0.2, 0.25) is 0 Å². The fraction of sp³-hybridized carbons (Fsp3) is 0.286. The Kier molecular flexibility index (Phi) is 13.8. The molecule has 8 nitrogen and oxygen atoms in total. The summed E-state index contributed by atoms with van der Waals surface area (Å²) in [5, 5.41) is 13.6. The van der Waals surface area contributed by atoms with Crippen LogP contribution in [0.4, 0.5) is 0 Å². The molecular formula is C14H15NNa2O7S. The van der Waals surface area contributed by atoms with Gasteiger partial charge in [-0.1, -0.05) is 6.58 Å². The van der Waals surface area contributed by atoms with Gasteiger partial charge in [-0.3, -0.25) is 4.79 Å². The van der Waals surface area contributed by atoms with Gasteiger partial charge in [0.15, 0.2) is 0 Å². The second kappa shape index (κ2) is 12.9. The predicted octanol–water partition coefficient (Wildman–Crippen LogP) is -6.58. The third-order valence-corrected chi connectivity index (χ3v) is 3.60. The summed E-state index contributed by atoms with van der Waals surface area (Å²) in [6.45, 7) is 3.86. The number of carbonyl (C=O) groups excluding carboxylic acids is 2. The summed E-state index contributed by atoms with van der Waals surface area (Å²) in [5.41, 5.74) is -0.512. The number of carboxylic acids is 1.